The highest BCUT2D eigenvalue weighted by molar-refractivity contribution is 5.27. The van der Waals surface area contributed by atoms with Crippen LogP contribution in [0.25, 0.3) is 0 Å². The van der Waals surface area contributed by atoms with Crippen molar-refractivity contribution in [2.45, 2.75) is 58.4 Å². The first kappa shape index (κ1) is 17.3. The Kier molecular flexibility index (Phi) is 6.68. The van der Waals surface area contributed by atoms with Gasteiger partial charge in [-0.3, -0.25) is 4.90 Å². The second kappa shape index (κ2) is 8.51. The quantitative estimate of drug-likeness (QED) is 0.802. The Morgan fingerprint density at radius 1 is 1.27 bits per heavy atom. The standard InChI is InChI=1S/C18H29NO3/c1-14(2)19(11-15(3)20)12-16-6-8-17(9-7-16)22-13-18-5-4-10-21-18/h6-9,14-15,18,20H,4-5,10-13H2,1-3H3. The Morgan fingerprint density at radius 2 is 2.00 bits per heavy atom. The number of ether oxygens (including phenoxy) is 2. The summed E-state index contributed by atoms with van der Waals surface area (Å²) in [5, 5.41) is 9.59. The Balaban J connectivity index is 1.84. The van der Waals surface area contributed by atoms with Gasteiger partial charge in [-0.2, -0.15) is 0 Å². The average Bonchev–Trinajstić information content (AvgIpc) is 2.98. The van der Waals surface area contributed by atoms with Gasteiger partial charge >= 0.3 is 0 Å². The molecule has 4 nitrogen and oxygen atoms in total. The molecule has 22 heavy (non-hydrogen) atoms. The van der Waals surface area contributed by atoms with Crippen LogP contribution in [-0.4, -0.2) is 48.0 Å². The van der Waals surface area contributed by atoms with E-state index >= 15 is 0 Å². The van der Waals surface area contributed by atoms with E-state index in [-0.39, 0.29) is 12.2 Å². The second-order valence-corrected chi connectivity index (χ2v) is 6.46. The highest BCUT2D eigenvalue weighted by Gasteiger charge is 2.16. The molecule has 0 amide bonds. The molecule has 0 spiro atoms. The van der Waals surface area contributed by atoms with Crippen LogP contribution in [0.5, 0.6) is 5.75 Å². The summed E-state index contributed by atoms with van der Waals surface area (Å²) in [6.45, 7) is 9.17. The topological polar surface area (TPSA) is 41.9 Å². The normalized spacial score (nSPS) is 19.8. The van der Waals surface area contributed by atoms with Crippen molar-refractivity contribution in [1.82, 2.24) is 4.90 Å². The lowest BCUT2D eigenvalue weighted by Crippen LogP contribution is -2.36. The van der Waals surface area contributed by atoms with Crippen molar-refractivity contribution < 1.29 is 14.6 Å². The molecule has 0 radical (unpaired) electrons. The van der Waals surface area contributed by atoms with E-state index in [0.29, 0.717) is 19.2 Å². The highest BCUT2D eigenvalue weighted by atomic mass is 16.5. The molecule has 1 fully saturated rings. The van der Waals surface area contributed by atoms with Crippen LogP contribution >= 0.6 is 0 Å². The van der Waals surface area contributed by atoms with Crippen molar-refractivity contribution in [3.05, 3.63) is 29.8 Å². The van der Waals surface area contributed by atoms with Gasteiger partial charge in [-0.25, -0.2) is 0 Å². The van der Waals surface area contributed by atoms with Gasteiger partial charge in [0.25, 0.3) is 0 Å². The minimum Gasteiger partial charge on any atom is -0.491 e. The van der Waals surface area contributed by atoms with Crippen LogP contribution < -0.4 is 4.74 Å². The van der Waals surface area contributed by atoms with Crippen LogP contribution in [0.2, 0.25) is 0 Å². The first-order valence-electron chi connectivity index (χ1n) is 8.30. The van der Waals surface area contributed by atoms with Crippen molar-refractivity contribution in [3.8, 4) is 5.75 Å². The predicted octanol–water partition coefficient (Wildman–Crippen LogP) is 2.84. The third kappa shape index (κ3) is 5.59. The van der Waals surface area contributed by atoms with Crippen molar-refractivity contribution in [1.29, 1.82) is 0 Å². The van der Waals surface area contributed by atoms with Gasteiger partial charge in [-0.15, -0.1) is 0 Å². The molecule has 0 aromatic heterocycles. The van der Waals surface area contributed by atoms with E-state index in [9.17, 15) is 5.11 Å². The first-order chi connectivity index (χ1) is 10.5. The molecule has 2 rings (SSSR count). The van der Waals surface area contributed by atoms with Gasteiger partial charge in [-0.1, -0.05) is 12.1 Å². The Morgan fingerprint density at radius 3 is 2.55 bits per heavy atom. The summed E-state index contributed by atoms with van der Waals surface area (Å²) in [6, 6.07) is 8.64. The van der Waals surface area contributed by atoms with Crippen molar-refractivity contribution in [2.24, 2.45) is 0 Å². The van der Waals surface area contributed by atoms with Crippen molar-refractivity contribution in [3.63, 3.8) is 0 Å². The fraction of sp³-hybridized carbons (Fsp3) is 0.667. The number of nitrogens with zero attached hydrogens (tertiary/aromatic N) is 1. The fourth-order valence-electron chi connectivity index (χ4n) is 2.69. The average molecular weight is 307 g/mol. The maximum Gasteiger partial charge on any atom is 0.119 e. The molecule has 4 heteroatoms. The van der Waals surface area contributed by atoms with E-state index in [1.54, 1.807) is 0 Å². The largest absolute Gasteiger partial charge is 0.491 e. The van der Waals surface area contributed by atoms with Gasteiger partial charge in [0, 0.05) is 25.7 Å². The minimum atomic E-state index is -0.309. The molecule has 1 N–H and O–H groups in total. The SMILES string of the molecule is CC(O)CN(Cc1ccc(OCC2CCCO2)cc1)C(C)C. The van der Waals surface area contributed by atoms with Crippen LogP contribution in [0.1, 0.15) is 39.2 Å². The third-order valence-electron chi connectivity index (χ3n) is 4.00. The summed E-state index contributed by atoms with van der Waals surface area (Å²) in [5.74, 6) is 0.894. The molecule has 2 atom stereocenters. The number of hydrogen-bond acceptors (Lipinski definition) is 4. The van der Waals surface area contributed by atoms with Crippen LogP contribution in [-0.2, 0) is 11.3 Å². The molecule has 124 valence electrons. The molecule has 1 heterocycles. The molecule has 1 aliphatic heterocycles. The zero-order chi connectivity index (χ0) is 15.9. The predicted molar refractivity (Wildman–Crippen MR) is 88.1 cm³/mol. The Labute approximate surface area is 134 Å². The fourth-order valence-corrected chi connectivity index (χ4v) is 2.69. The van der Waals surface area contributed by atoms with Gasteiger partial charge in [0.2, 0.25) is 0 Å². The zero-order valence-corrected chi connectivity index (χ0v) is 14.0. The molecule has 2 unspecified atom stereocenters. The maximum atomic E-state index is 9.59. The van der Waals surface area contributed by atoms with Gasteiger partial charge in [0.05, 0.1) is 12.2 Å². The lowest BCUT2D eigenvalue weighted by molar-refractivity contribution is 0.0679. The molecule has 1 aromatic carbocycles. The second-order valence-electron chi connectivity index (χ2n) is 6.46. The van der Waals surface area contributed by atoms with E-state index in [1.807, 2.05) is 19.1 Å². The summed E-state index contributed by atoms with van der Waals surface area (Å²) < 4.78 is 11.3. The van der Waals surface area contributed by atoms with Gasteiger partial charge < -0.3 is 14.6 Å². The Bertz CT molecular complexity index is 424. The Hall–Kier alpha value is -1.10. The third-order valence-corrected chi connectivity index (χ3v) is 4.00. The van der Waals surface area contributed by atoms with Crippen LogP contribution in [0, 0.1) is 0 Å². The number of benzene rings is 1. The van der Waals surface area contributed by atoms with Crippen LogP contribution in [0.3, 0.4) is 0 Å². The van der Waals surface area contributed by atoms with E-state index < -0.39 is 0 Å². The van der Waals surface area contributed by atoms with E-state index in [1.165, 1.54) is 5.56 Å². The van der Waals surface area contributed by atoms with E-state index in [4.69, 9.17) is 9.47 Å². The summed E-state index contributed by atoms with van der Waals surface area (Å²) in [7, 11) is 0. The number of aliphatic hydroxyl groups is 1. The zero-order valence-electron chi connectivity index (χ0n) is 14.0. The summed E-state index contributed by atoms with van der Waals surface area (Å²) >= 11 is 0. The lowest BCUT2D eigenvalue weighted by Gasteiger charge is -2.27. The molecule has 0 saturated carbocycles. The number of rotatable bonds is 8. The van der Waals surface area contributed by atoms with Crippen molar-refractivity contribution in [2.75, 3.05) is 19.8 Å². The molecule has 0 aliphatic carbocycles. The van der Waals surface area contributed by atoms with Gasteiger partial charge in [0.15, 0.2) is 0 Å². The first-order valence-corrected chi connectivity index (χ1v) is 8.30. The molecule has 1 aliphatic rings. The van der Waals surface area contributed by atoms with Crippen LogP contribution in [0.4, 0.5) is 0 Å². The van der Waals surface area contributed by atoms with Gasteiger partial charge in [-0.05, 0) is 51.3 Å². The smallest absolute Gasteiger partial charge is 0.119 e. The minimum absolute atomic E-state index is 0.252. The van der Waals surface area contributed by atoms with Crippen molar-refractivity contribution >= 4 is 0 Å². The summed E-state index contributed by atoms with van der Waals surface area (Å²) in [4.78, 5) is 2.27. The highest BCUT2D eigenvalue weighted by Crippen LogP contribution is 2.18. The molecular weight excluding hydrogens is 278 g/mol. The van der Waals surface area contributed by atoms with Gasteiger partial charge in [0.1, 0.15) is 12.4 Å². The lowest BCUT2D eigenvalue weighted by atomic mass is 10.1. The monoisotopic (exact) mass is 307 g/mol. The number of aliphatic hydroxyl groups excluding tert-OH is 1. The van der Waals surface area contributed by atoms with E-state index in [0.717, 1.165) is 31.7 Å². The molecular formula is C18H29NO3. The van der Waals surface area contributed by atoms with Crippen LogP contribution in [0.15, 0.2) is 24.3 Å². The summed E-state index contributed by atoms with van der Waals surface area (Å²) in [5.41, 5.74) is 1.24. The van der Waals surface area contributed by atoms with E-state index in [2.05, 4.69) is 30.9 Å². The number of hydrogen-bond donors (Lipinski definition) is 1. The summed E-state index contributed by atoms with van der Waals surface area (Å²) in [6.07, 6.45) is 2.18. The molecule has 1 saturated heterocycles. The molecule has 0 bridgehead atoms. The molecule has 1 aromatic rings. The maximum absolute atomic E-state index is 9.59.